The number of hydrogen-bond donors (Lipinski definition) is 0. The van der Waals surface area contributed by atoms with E-state index in [9.17, 15) is 61.5 Å². The fourth-order valence-electron chi connectivity index (χ4n) is 3.51. The van der Waals surface area contributed by atoms with E-state index in [0.717, 1.165) is 13.8 Å². The van der Waals surface area contributed by atoms with Crippen molar-refractivity contribution in [2.75, 3.05) is 6.54 Å². The number of hydrogen-bond acceptors (Lipinski definition) is 2. The van der Waals surface area contributed by atoms with Crippen LogP contribution in [0.5, 0.6) is 0 Å². The Morgan fingerprint density at radius 2 is 1.16 bits per heavy atom. The van der Waals surface area contributed by atoms with Gasteiger partial charge in [-0.05, 0) is 13.8 Å². The molecule has 31 heavy (non-hydrogen) atoms. The molecule has 0 fully saturated rings. The third-order valence-electron chi connectivity index (χ3n) is 4.58. The van der Waals surface area contributed by atoms with Crippen LogP contribution in [0.2, 0.25) is 0 Å². The Bertz CT molecular complexity index is 755. The molecule has 0 N–H and O–H groups in total. The zero-order chi connectivity index (χ0) is 24.0. The molecule has 0 aromatic rings. The smallest absolute Gasteiger partial charge is 0.409 e. The summed E-state index contributed by atoms with van der Waals surface area (Å²) < 4.78 is 196. The minimum Gasteiger partial charge on any atom is -0.556 e. The van der Waals surface area contributed by atoms with Gasteiger partial charge >= 0.3 is 24.7 Å². The largest absolute Gasteiger partial charge is 0.556 e. The molecule has 1 radical (unpaired) electrons. The van der Waals surface area contributed by atoms with E-state index in [-0.39, 0.29) is 26.2 Å². The van der Waals surface area contributed by atoms with Crippen molar-refractivity contribution < 1.29 is 86.3 Å². The van der Waals surface area contributed by atoms with Crippen molar-refractivity contribution in [3.8, 4) is 0 Å². The van der Waals surface area contributed by atoms with E-state index >= 15 is 0 Å². The monoisotopic (exact) mass is 665 g/mol. The van der Waals surface area contributed by atoms with Gasteiger partial charge in [-0.25, -0.2) is 8.78 Å². The second kappa shape index (κ2) is 6.94. The molecule has 1 heterocycles. The summed E-state index contributed by atoms with van der Waals surface area (Å²) in [5.41, 5.74) is -19.9. The fraction of sp³-hybridized carbons (Fsp3) is 0.786. The van der Waals surface area contributed by atoms with E-state index in [1.165, 1.54) is 0 Å². The van der Waals surface area contributed by atoms with Gasteiger partial charge in [0.15, 0.2) is 5.41 Å². The summed E-state index contributed by atoms with van der Waals surface area (Å²) in [6.07, 6.45) is -30.9. The predicted octanol–water partition coefficient (Wildman–Crippen LogP) is 5.79. The maximum atomic E-state index is 14.2. The molecule has 0 saturated heterocycles. The second-order valence-corrected chi connectivity index (χ2v) is 7.05. The van der Waals surface area contributed by atoms with Gasteiger partial charge in [0, 0.05) is 20.1 Å². The summed E-state index contributed by atoms with van der Waals surface area (Å²) in [7, 11) is 0. The number of nitrogens with zero attached hydrogens (tertiary/aromatic N) is 1. The van der Waals surface area contributed by atoms with Crippen molar-refractivity contribution in [2.24, 2.45) is 15.8 Å². The summed E-state index contributed by atoms with van der Waals surface area (Å²) in [5, 5.41) is 0. The van der Waals surface area contributed by atoms with Crippen LogP contribution in [0, 0.1) is 16.9 Å². The number of ether oxygens (including phenoxy) is 1. The normalized spacial score (nSPS) is 24.8. The predicted molar refractivity (Wildman–Crippen MR) is 68.3 cm³/mol. The molecule has 2 nitrogen and oxygen atoms in total. The standard InChI is InChI=1S/C14H8F14NO.Ir/c1-7(2)4-29-6(30-7)5-3-8(15,16)10(13(23,24)25,14(26,27)28)9(5,11(17,18)19)12(20,21)22;/h4H2,1-2H3;/q-1;. The molecule has 0 amide bonds. The zero-order valence-corrected chi connectivity index (χ0v) is 17.1. The number of aliphatic imine (C=N–C) groups is 1. The minimum absolute atomic E-state index is 0. The van der Waals surface area contributed by atoms with Crippen LogP contribution in [0.3, 0.4) is 0 Å². The third kappa shape index (κ3) is 3.35. The quantitative estimate of drug-likeness (QED) is 0.257. The molecule has 0 saturated carbocycles. The summed E-state index contributed by atoms with van der Waals surface area (Å²) in [6, 6.07) is 0. The summed E-state index contributed by atoms with van der Waals surface area (Å²) in [4.78, 5) is 2.91. The van der Waals surface area contributed by atoms with E-state index in [1.807, 2.05) is 0 Å². The Labute approximate surface area is 177 Å². The van der Waals surface area contributed by atoms with Crippen molar-refractivity contribution in [3.63, 3.8) is 0 Å². The van der Waals surface area contributed by atoms with Gasteiger partial charge in [0.1, 0.15) is 5.60 Å². The SMILES string of the molecule is CC1(C)CN=C(C2=[C-]C(F)(F)C(C(F)(F)F)(C(F)(F)F)C2(C(F)(F)F)C(F)(F)F)O1.[Ir]. The maximum absolute atomic E-state index is 14.2. The molecular weight excluding hydrogens is 656 g/mol. The first-order chi connectivity index (χ1) is 12.9. The Morgan fingerprint density at radius 3 is 1.42 bits per heavy atom. The molecule has 0 atom stereocenters. The van der Waals surface area contributed by atoms with E-state index < -0.39 is 65.1 Å². The van der Waals surface area contributed by atoms with Crippen LogP contribution in [-0.2, 0) is 24.8 Å². The van der Waals surface area contributed by atoms with Gasteiger partial charge in [-0.1, -0.05) is 0 Å². The van der Waals surface area contributed by atoms with E-state index in [0.29, 0.717) is 0 Å². The van der Waals surface area contributed by atoms with Crippen molar-refractivity contribution >= 4 is 5.90 Å². The van der Waals surface area contributed by atoms with Crippen LogP contribution < -0.4 is 0 Å². The number of allylic oxidation sites excluding steroid dienone is 1. The van der Waals surface area contributed by atoms with Crippen LogP contribution >= 0.6 is 0 Å². The number of rotatable bonds is 1. The van der Waals surface area contributed by atoms with Gasteiger partial charge in [0.2, 0.25) is 11.3 Å². The molecule has 183 valence electrons. The zero-order valence-electron chi connectivity index (χ0n) is 14.7. The van der Waals surface area contributed by atoms with Crippen molar-refractivity contribution in [2.45, 2.75) is 50.1 Å². The van der Waals surface area contributed by atoms with Crippen molar-refractivity contribution in [3.05, 3.63) is 11.6 Å². The Balaban J connectivity index is 0.00000480. The fourth-order valence-corrected chi connectivity index (χ4v) is 3.51. The summed E-state index contributed by atoms with van der Waals surface area (Å²) in [5.74, 6) is -8.95. The van der Waals surface area contributed by atoms with E-state index in [2.05, 4.69) is 9.73 Å². The van der Waals surface area contributed by atoms with Crippen LogP contribution in [0.15, 0.2) is 10.6 Å². The third-order valence-corrected chi connectivity index (χ3v) is 4.58. The molecule has 1 aliphatic carbocycles. The Hall–Kier alpha value is -1.12. The van der Waals surface area contributed by atoms with Crippen molar-refractivity contribution in [1.29, 1.82) is 0 Å². The molecule has 0 spiro atoms. The van der Waals surface area contributed by atoms with Gasteiger partial charge in [0.05, 0.1) is 12.4 Å². The maximum Gasteiger partial charge on any atom is 0.409 e. The molecule has 2 aliphatic rings. The van der Waals surface area contributed by atoms with Gasteiger partial charge in [-0.3, -0.25) is 0 Å². The minimum atomic E-state index is -7.80. The van der Waals surface area contributed by atoms with Gasteiger partial charge in [0.25, 0.3) is 0 Å². The molecule has 0 unspecified atom stereocenters. The Kier molecular flexibility index (Phi) is 6.25. The van der Waals surface area contributed by atoms with Crippen LogP contribution in [-0.4, -0.2) is 48.7 Å². The second-order valence-electron chi connectivity index (χ2n) is 7.05. The number of alkyl halides is 14. The first-order valence-electron chi connectivity index (χ1n) is 7.45. The molecule has 2 rings (SSSR count). The first kappa shape index (κ1) is 27.9. The molecular formula is C14H8F14IrNO-. The molecule has 0 aromatic carbocycles. The molecule has 0 aromatic heterocycles. The average molecular weight is 664 g/mol. The number of halogens is 14. The summed E-state index contributed by atoms with van der Waals surface area (Å²) in [6.45, 7) is 1.05. The van der Waals surface area contributed by atoms with E-state index in [4.69, 9.17) is 0 Å². The van der Waals surface area contributed by atoms with Gasteiger partial charge in [-0.15, -0.1) is 5.57 Å². The van der Waals surface area contributed by atoms with Crippen LogP contribution in [0.4, 0.5) is 61.5 Å². The topological polar surface area (TPSA) is 21.6 Å². The molecule has 0 bridgehead atoms. The van der Waals surface area contributed by atoms with Gasteiger partial charge < -0.3 is 9.73 Å². The van der Waals surface area contributed by atoms with Crippen LogP contribution in [0.1, 0.15) is 13.8 Å². The van der Waals surface area contributed by atoms with Crippen LogP contribution in [0.25, 0.3) is 0 Å². The first-order valence-corrected chi connectivity index (χ1v) is 7.45. The van der Waals surface area contributed by atoms with Crippen molar-refractivity contribution in [1.82, 2.24) is 0 Å². The van der Waals surface area contributed by atoms with E-state index in [1.54, 1.807) is 0 Å². The molecule has 17 heteroatoms. The summed E-state index contributed by atoms with van der Waals surface area (Å²) >= 11 is 0. The Morgan fingerprint density at radius 1 is 0.774 bits per heavy atom. The van der Waals surface area contributed by atoms with Gasteiger partial charge in [-0.2, -0.15) is 58.8 Å². The molecule has 1 aliphatic heterocycles. The average Bonchev–Trinajstić information content (AvgIpc) is 2.87.